The van der Waals surface area contributed by atoms with Crippen LogP contribution in [0.5, 0.6) is 0 Å². The van der Waals surface area contributed by atoms with Gasteiger partial charge in [-0.2, -0.15) is 0 Å². The van der Waals surface area contributed by atoms with Crippen LogP contribution in [0.4, 0.5) is 0 Å². The standard InChI is InChI=1S/C32H43NO9/c1-6-33-14-30(15-38-2)18(34)12-19(39-3)32-17-13-31(37)27(42-29(36)16-10-8-7-9-11-16)20(17)21(23(35)28(31)41-5)22(26(32)33)24(40-4)25(30)32/h7-11,17-22,24-28,34,37H,6,12-15H2,1-5H3/t17?,18-,19?,20+,21+,22?,24?,25?,26?,27-,28+,30+,31?,32?/m1/s1. The van der Waals surface area contributed by atoms with E-state index in [0.29, 0.717) is 31.7 Å². The Morgan fingerprint density at radius 1 is 1.07 bits per heavy atom. The fourth-order valence-corrected chi connectivity index (χ4v) is 11.7. The molecule has 0 radical (unpaired) electrons. The zero-order chi connectivity index (χ0) is 29.8. The van der Waals surface area contributed by atoms with Crippen molar-refractivity contribution in [2.24, 2.45) is 40.4 Å². The number of ether oxygens (including phenoxy) is 5. The molecule has 6 fully saturated rings. The van der Waals surface area contributed by atoms with Crippen molar-refractivity contribution >= 4 is 11.8 Å². The highest BCUT2D eigenvalue weighted by atomic mass is 16.6. The van der Waals surface area contributed by atoms with Gasteiger partial charge in [0.2, 0.25) is 0 Å². The second kappa shape index (κ2) is 9.79. The van der Waals surface area contributed by atoms with Crippen LogP contribution in [-0.4, -0.2) is 117 Å². The Morgan fingerprint density at radius 2 is 1.81 bits per heavy atom. The van der Waals surface area contributed by atoms with Crippen LogP contribution < -0.4 is 0 Å². The first-order valence-corrected chi connectivity index (χ1v) is 15.2. The molecule has 1 aromatic carbocycles. The monoisotopic (exact) mass is 585 g/mol. The van der Waals surface area contributed by atoms with Crippen LogP contribution in [0, 0.1) is 40.4 Å². The number of hydrogen-bond acceptors (Lipinski definition) is 10. The van der Waals surface area contributed by atoms with E-state index in [1.165, 1.54) is 7.11 Å². The number of piperidine rings is 1. The molecule has 2 N–H and O–H groups in total. The second-order valence-electron chi connectivity index (χ2n) is 13.5. The molecule has 1 aliphatic heterocycles. The van der Waals surface area contributed by atoms with Gasteiger partial charge < -0.3 is 33.9 Å². The van der Waals surface area contributed by atoms with Gasteiger partial charge in [0.1, 0.15) is 17.8 Å². The molecule has 42 heavy (non-hydrogen) atoms. The van der Waals surface area contributed by atoms with Gasteiger partial charge in [0.05, 0.1) is 30.5 Å². The first-order chi connectivity index (χ1) is 20.2. The fourth-order valence-electron chi connectivity index (χ4n) is 11.7. The maximum absolute atomic E-state index is 14.5. The Kier molecular flexibility index (Phi) is 6.72. The number of benzene rings is 1. The van der Waals surface area contributed by atoms with E-state index in [1.807, 2.05) is 6.07 Å². The molecule has 5 saturated carbocycles. The molecule has 230 valence electrons. The first kappa shape index (κ1) is 28.8. The molecule has 14 atom stereocenters. The summed E-state index contributed by atoms with van der Waals surface area (Å²) in [6.07, 6.45) is -2.90. The lowest BCUT2D eigenvalue weighted by molar-refractivity contribution is -0.280. The lowest BCUT2D eigenvalue weighted by Gasteiger charge is -2.69. The summed E-state index contributed by atoms with van der Waals surface area (Å²) >= 11 is 0. The summed E-state index contributed by atoms with van der Waals surface area (Å²) in [6, 6.07) is 8.65. The molecule has 6 aliphatic rings. The van der Waals surface area contributed by atoms with Gasteiger partial charge in [0.25, 0.3) is 0 Å². The van der Waals surface area contributed by atoms with Crippen LogP contribution in [0.3, 0.4) is 0 Å². The number of esters is 1. The third-order valence-electron chi connectivity index (χ3n) is 12.5. The van der Waals surface area contributed by atoms with Crippen molar-refractivity contribution in [2.45, 2.75) is 61.9 Å². The molecule has 1 heterocycles. The van der Waals surface area contributed by atoms with E-state index in [2.05, 4.69) is 11.8 Å². The van der Waals surface area contributed by atoms with Crippen LogP contribution >= 0.6 is 0 Å². The van der Waals surface area contributed by atoms with Gasteiger partial charge >= 0.3 is 5.97 Å². The minimum absolute atomic E-state index is 0.0847. The predicted octanol–water partition coefficient (Wildman–Crippen LogP) is 1.17. The van der Waals surface area contributed by atoms with Crippen molar-refractivity contribution in [1.82, 2.24) is 4.90 Å². The number of carbonyl (C=O) groups is 2. The molecule has 1 aromatic rings. The summed E-state index contributed by atoms with van der Waals surface area (Å²) in [5, 5.41) is 24.4. The molecule has 10 heteroatoms. The predicted molar refractivity (Wildman–Crippen MR) is 148 cm³/mol. The van der Waals surface area contributed by atoms with Crippen LogP contribution in [0.25, 0.3) is 0 Å². The Balaban J connectivity index is 1.45. The van der Waals surface area contributed by atoms with Gasteiger partial charge in [-0.15, -0.1) is 0 Å². The Hall–Kier alpha value is -1.92. The van der Waals surface area contributed by atoms with Crippen molar-refractivity contribution in [3.63, 3.8) is 0 Å². The lowest BCUT2D eigenvalue weighted by atomic mass is 9.43. The van der Waals surface area contributed by atoms with Gasteiger partial charge in [-0.25, -0.2) is 4.79 Å². The number of methoxy groups -OCH3 is 4. The molecule has 0 aromatic heterocycles. The fraction of sp³-hybridized carbons (Fsp3) is 0.750. The molecular weight excluding hydrogens is 542 g/mol. The average Bonchev–Trinajstić information content (AvgIpc) is 3.33. The van der Waals surface area contributed by atoms with Crippen molar-refractivity contribution < 1.29 is 43.5 Å². The normalized spacial score (nSPS) is 50.2. The van der Waals surface area contributed by atoms with E-state index in [1.54, 1.807) is 45.6 Å². The summed E-state index contributed by atoms with van der Waals surface area (Å²) in [5.74, 6) is -2.42. The molecule has 7 rings (SSSR count). The lowest BCUT2D eigenvalue weighted by Crippen LogP contribution is -2.77. The number of aliphatic hydroxyl groups excluding tert-OH is 1. The Bertz CT molecular complexity index is 1250. The van der Waals surface area contributed by atoms with Crippen LogP contribution in [0.2, 0.25) is 0 Å². The number of likely N-dealkylation sites (tertiary alicyclic amines) is 1. The molecule has 10 nitrogen and oxygen atoms in total. The molecular formula is C32H43NO9. The van der Waals surface area contributed by atoms with Gasteiger partial charge in [-0.3, -0.25) is 9.69 Å². The number of hydrogen-bond donors (Lipinski definition) is 2. The summed E-state index contributed by atoms with van der Waals surface area (Å²) in [5.41, 5.74) is -2.56. The molecule has 1 spiro atoms. The molecule has 8 unspecified atom stereocenters. The van der Waals surface area contributed by atoms with E-state index >= 15 is 0 Å². The van der Waals surface area contributed by atoms with Crippen LogP contribution in [0.15, 0.2) is 30.3 Å². The Morgan fingerprint density at radius 3 is 2.43 bits per heavy atom. The number of carbonyl (C=O) groups excluding carboxylic acids is 2. The number of ketones is 1. The molecule has 7 bridgehead atoms. The zero-order valence-corrected chi connectivity index (χ0v) is 25.0. The molecule has 5 aliphatic carbocycles. The van der Waals surface area contributed by atoms with Crippen molar-refractivity contribution in [1.29, 1.82) is 0 Å². The second-order valence-corrected chi connectivity index (χ2v) is 13.5. The number of rotatable bonds is 8. The van der Waals surface area contributed by atoms with E-state index < -0.39 is 52.5 Å². The van der Waals surface area contributed by atoms with E-state index in [-0.39, 0.29) is 48.2 Å². The average molecular weight is 586 g/mol. The minimum atomic E-state index is -1.70. The highest BCUT2D eigenvalue weighted by Gasteiger charge is 2.87. The zero-order valence-electron chi connectivity index (χ0n) is 25.0. The number of nitrogens with zero attached hydrogens (tertiary/aromatic N) is 1. The third kappa shape index (κ3) is 3.19. The SMILES string of the molecule is CCN1C[C@@]2(COC)C3C(OC)C4C1C3(C(OC)C[C@H]2O)C1CC2(O)[C@H](OC(=O)c3ccccc3)[C@@H]1[C@@H]4C(=O)[C@@H]2OC. The van der Waals surface area contributed by atoms with E-state index in [9.17, 15) is 19.8 Å². The summed E-state index contributed by atoms with van der Waals surface area (Å²) in [7, 11) is 6.49. The van der Waals surface area contributed by atoms with Gasteiger partial charge in [0, 0.05) is 81.9 Å². The number of aliphatic hydroxyl groups is 2. The summed E-state index contributed by atoms with van der Waals surface area (Å²) in [4.78, 5) is 30.4. The quantitative estimate of drug-likeness (QED) is 0.430. The summed E-state index contributed by atoms with van der Waals surface area (Å²) < 4.78 is 30.6. The number of Topliss-reactive ketones (excluding diaryl/α,β-unsaturated/α-hetero) is 1. The van der Waals surface area contributed by atoms with Gasteiger partial charge in [-0.1, -0.05) is 25.1 Å². The van der Waals surface area contributed by atoms with Gasteiger partial charge in [-0.05, 0) is 31.0 Å². The first-order valence-electron chi connectivity index (χ1n) is 15.2. The van der Waals surface area contributed by atoms with Crippen molar-refractivity contribution in [2.75, 3.05) is 48.1 Å². The smallest absolute Gasteiger partial charge is 0.338 e. The van der Waals surface area contributed by atoms with Crippen molar-refractivity contribution in [3.8, 4) is 0 Å². The topological polar surface area (TPSA) is 124 Å². The minimum Gasteiger partial charge on any atom is -0.455 e. The van der Waals surface area contributed by atoms with Crippen LogP contribution in [0.1, 0.15) is 30.1 Å². The number of fused-ring (bicyclic) bond motifs is 2. The van der Waals surface area contributed by atoms with Crippen molar-refractivity contribution in [3.05, 3.63) is 35.9 Å². The highest BCUT2D eigenvalue weighted by Crippen LogP contribution is 2.78. The highest BCUT2D eigenvalue weighted by molar-refractivity contribution is 5.92. The Labute approximate surface area is 246 Å². The largest absolute Gasteiger partial charge is 0.455 e. The van der Waals surface area contributed by atoms with Crippen LogP contribution in [-0.2, 0) is 28.5 Å². The van der Waals surface area contributed by atoms with E-state index in [4.69, 9.17) is 23.7 Å². The maximum atomic E-state index is 14.5. The molecule has 0 amide bonds. The van der Waals surface area contributed by atoms with E-state index in [0.717, 1.165) is 0 Å². The van der Waals surface area contributed by atoms with Gasteiger partial charge in [0.15, 0.2) is 5.78 Å². The third-order valence-corrected chi connectivity index (χ3v) is 12.5. The summed E-state index contributed by atoms with van der Waals surface area (Å²) in [6.45, 7) is 3.77. The maximum Gasteiger partial charge on any atom is 0.338 e. The molecule has 1 saturated heterocycles.